The summed E-state index contributed by atoms with van der Waals surface area (Å²) in [6.07, 6.45) is 6.37. The van der Waals surface area contributed by atoms with Gasteiger partial charge in [0.25, 0.3) is 0 Å². The van der Waals surface area contributed by atoms with Crippen molar-refractivity contribution in [2.75, 3.05) is 11.9 Å². The Morgan fingerprint density at radius 3 is 1.47 bits per heavy atom. The highest BCUT2D eigenvalue weighted by atomic mass is 79.9. The van der Waals surface area contributed by atoms with E-state index in [1.807, 2.05) is 0 Å². The van der Waals surface area contributed by atoms with Gasteiger partial charge in [0.05, 0.1) is 6.61 Å². The SMILES string of the molecule is O=P(c1ccc(OCCCCCCCCBr)cc1)(c1cc(F)c(F)c(F)c1)c1cc(F)c(F)c(F)c1. The zero-order valence-electron chi connectivity index (χ0n) is 19.2. The van der Waals surface area contributed by atoms with Crippen LogP contribution in [0.5, 0.6) is 5.75 Å². The van der Waals surface area contributed by atoms with Gasteiger partial charge in [0.15, 0.2) is 42.0 Å². The van der Waals surface area contributed by atoms with Gasteiger partial charge < -0.3 is 9.30 Å². The monoisotopic (exact) mass is 592 g/mol. The van der Waals surface area contributed by atoms with Gasteiger partial charge in [-0.15, -0.1) is 0 Å². The molecule has 0 spiro atoms. The van der Waals surface area contributed by atoms with E-state index in [1.54, 1.807) is 0 Å². The number of hydrogen-bond acceptors (Lipinski definition) is 2. The molecule has 0 heterocycles. The molecule has 0 saturated carbocycles. The fourth-order valence-corrected chi connectivity index (χ4v) is 6.78. The van der Waals surface area contributed by atoms with Crippen molar-refractivity contribution in [3.63, 3.8) is 0 Å². The Bertz CT molecular complexity index is 1130. The molecule has 0 aromatic heterocycles. The molecule has 0 aliphatic carbocycles. The summed E-state index contributed by atoms with van der Waals surface area (Å²) in [5.74, 6) is -9.64. The maximum atomic E-state index is 14.2. The molecule has 0 saturated heterocycles. The molecular weight excluding hydrogens is 569 g/mol. The van der Waals surface area contributed by atoms with E-state index in [9.17, 15) is 30.9 Å². The first-order valence-corrected chi connectivity index (χ1v) is 14.2. The Labute approximate surface area is 214 Å². The average Bonchev–Trinajstić information content (AvgIpc) is 2.86. The molecule has 3 rings (SSSR count). The molecule has 0 aliphatic rings. The minimum absolute atomic E-state index is 0.0579. The van der Waals surface area contributed by atoms with E-state index >= 15 is 0 Å². The molecule has 0 fully saturated rings. The van der Waals surface area contributed by atoms with Gasteiger partial charge in [0.2, 0.25) is 0 Å². The molecular formula is C26H24BrF6O2P. The number of alkyl halides is 1. The molecule has 3 aromatic carbocycles. The van der Waals surface area contributed by atoms with E-state index in [2.05, 4.69) is 15.9 Å². The summed E-state index contributed by atoms with van der Waals surface area (Å²) >= 11 is 3.40. The quantitative estimate of drug-likeness (QED) is 0.0726. The highest BCUT2D eigenvalue weighted by Gasteiger charge is 2.34. The van der Waals surface area contributed by atoms with E-state index in [0.29, 0.717) is 36.6 Å². The molecule has 0 bridgehead atoms. The first-order chi connectivity index (χ1) is 17.2. The molecule has 36 heavy (non-hydrogen) atoms. The fraction of sp³-hybridized carbons (Fsp3) is 0.308. The Morgan fingerprint density at radius 1 is 0.611 bits per heavy atom. The van der Waals surface area contributed by atoms with Gasteiger partial charge in [-0.25, -0.2) is 26.3 Å². The second-order valence-electron chi connectivity index (χ2n) is 8.21. The van der Waals surface area contributed by atoms with Gasteiger partial charge in [-0.1, -0.05) is 41.6 Å². The van der Waals surface area contributed by atoms with Crippen molar-refractivity contribution in [1.82, 2.24) is 0 Å². The zero-order valence-corrected chi connectivity index (χ0v) is 21.7. The summed E-state index contributed by atoms with van der Waals surface area (Å²) in [4.78, 5) is 0. The third-order valence-electron chi connectivity index (χ3n) is 5.66. The molecule has 0 unspecified atom stereocenters. The van der Waals surface area contributed by atoms with Crippen LogP contribution < -0.4 is 20.7 Å². The minimum atomic E-state index is -4.35. The van der Waals surface area contributed by atoms with Crippen LogP contribution in [0.3, 0.4) is 0 Å². The lowest BCUT2D eigenvalue weighted by molar-refractivity contribution is 0.304. The molecule has 0 atom stereocenters. The topological polar surface area (TPSA) is 26.3 Å². The Kier molecular flexibility index (Phi) is 10.1. The third kappa shape index (κ3) is 6.54. The molecule has 0 N–H and O–H groups in total. The summed E-state index contributed by atoms with van der Waals surface area (Å²) in [5.41, 5.74) is 0. The lowest BCUT2D eigenvalue weighted by Crippen LogP contribution is -2.27. The van der Waals surface area contributed by atoms with Gasteiger partial charge in [-0.3, -0.25) is 0 Å². The van der Waals surface area contributed by atoms with Crippen molar-refractivity contribution in [1.29, 1.82) is 0 Å². The first kappa shape index (κ1) is 28.3. The Balaban J connectivity index is 1.87. The summed E-state index contributed by atoms with van der Waals surface area (Å²) in [5, 5.41) is -0.150. The summed E-state index contributed by atoms with van der Waals surface area (Å²) in [6, 6.07) is 7.58. The predicted molar refractivity (Wildman–Crippen MR) is 133 cm³/mol. The molecule has 0 aliphatic heterocycles. The van der Waals surface area contributed by atoms with E-state index in [-0.39, 0.29) is 5.30 Å². The fourth-order valence-electron chi connectivity index (χ4n) is 3.74. The smallest absolute Gasteiger partial charge is 0.194 e. The van der Waals surface area contributed by atoms with Gasteiger partial charge in [0, 0.05) is 21.2 Å². The molecule has 10 heteroatoms. The standard InChI is InChI=1S/C26H24BrF6O2P/c27-11-5-3-1-2-4-6-12-35-17-7-9-18(10-8-17)36(34,19-13-21(28)25(32)22(29)14-19)20-15-23(30)26(33)24(31)16-20/h7-10,13-16H,1-6,11-12H2. The van der Waals surface area contributed by atoms with E-state index < -0.39 is 52.7 Å². The number of hydrogen-bond donors (Lipinski definition) is 0. The van der Waals surface area contributed by atoms with Crippen molar-refractivity contribution in [2.45, 2.75) is 38.5 Å². The highest BCUT2D eigenvalue weighted by molar-refractivity contribution is 9.09. The number of rotatable bonds is 12. The molecule has 0 amide bonds. The second kappa shape index (κ2) is 12.8. The highest BCUT2D eigenvalue weighted by Crippen LogP contribution is 2.43. The minimum Gasteiger partial charge on any atom is -0.494 e. The Morgan fingerprint density at radius 2 is 1.03 bits per heavy atom. The van der Waals surface area contributed by atoms with E-state index in [4.69, 9.17) is 4.74 Å². The van der Waals surface area contributed by atoms with Crippen LogP contribution in [0.15, 0.2) is 48.5 Å². The largest absolute Gasteiger partial charge is 0.494 e. The van der Waals surface area contributed by atoms with Crippen LogP contribution in [0.4, 0.5) is 26.3 Å². The number of halogens is 7. The van der Waals surface area contributed by atoms with Gasteiger partial charge in [0.1, 0.15) is 5.75 Å². The molecule has 0 radical (unpaired) electrons. The summed E-state index contributed by atoms with van der Waals surface area (Å²) in [7, 11) is -4.35. The maximum absolute atomic E-state index is 14.2. The average molecular weight is 593 g/mol. The van der Waals surface area contributed by atoms with Gasteiger partial charge >= 0.3 is 0 Å². The maximum Gasteiger partial charge on any atom is 0.194 e. The van der Waals surface area contributed by atoms with Crippen LogP contribution in [-0.4, -0.2) is 11.9 Å². The lowest BCUT2D eigenvalue weighted by atomic mass is 10.1. The Hall–Kier alpha value is -2.25. The van der Waals surface area contributed by atoms with Gasteiger partial charge in [-0.2, -0.15) is 0 Å². The van der Waals surface area contributed by atoms with Crippen LogP contribution in [-0.2, 0) is 4.57 Å². The molecule has 2 nitrogen and oxygen atoms in total. The second-order valence-corrected chi connectivity index (χ2v) is 11.8. The van der Waals surface area contributed by atoms with Crippen LogP contribution in [0, 0.1) is 34.9 Å². The predicted octanol–water partition coefficient (Wildman–Crippen LogP) is 7.27. The normalized spacial score (nSPS) is 11.6. The summed E-state index contributed by atoms with van der Waals surface area (Å²) < 4.78 is 103. The lowest BCUT2D eigenvalue weighted by Gasteiger charge is -2.21. The number of ether oxygens (including phenoxy) is 1. The van der Waals surface area contributed by atoms with E-state index in [1.165, 1.54) is 24.3 Å². The zero-order chi connectivity index (χ0) is 26.3. The van der Waals surface area contributed by atoms with E-state index in [0.717, 1.165) is 43.9 Å². The molecule has 194 valence electrons. The third-order valence-corrected chi connectivity index (χ3v) is 9.22. The van der Waals surface area contributed by atoms with Crippen LogP contribution in [0.25, 0.3) is 0 Å². The first-order valence-electron chi connectivity index (χ1n) is 11.4. The van der Waals surface area contributed by atoms with Crippen LogP contribution in [0.1, 0.15) is 38.5 Å². The number of unbranched alkanes of at least 4 members (excludes halogenated alkanes) is 5. The van der Waals surface area contributed by atoms with Crippen molar-refractivity contribution < 1.29 is 35.6 Å². The number of benzene rings is 3. The summed E-state index contributed by atoms with van der Waals surface area (Å²) in [6.45, 7) is 0.443. The van der Waals surface area contributed by atoms with Gasteiger partial charge in [-0.05, 0) is 61.4 Å². The van der Waals surface area contributed by atoms with Crippen molar-refractivity contribution in [3.8, 4) is 5.75 Å². The van der Waals surface area contributed by atoms with Crippen molar-refractivity contribution in [2.24, 2.45) is 0 Å². The van der Waals surface area contributed by atoms with Crippen molar-refractivity contribution in [3.05, 3.63) is 83.4 Å². The van der Waals surface area contributed by atoms with Crippen LogP contribution in [0.2, 0.25) is 0 Å². The molecule has 3 aromatic rings. The van der Waals surface area contributed by atoms with Crippen LogP contribution >= 0.6 is 23.1 Å². The van der Waals surface area contributed by atoms with Crippen molar-refractivity contribution >= 4 is 39.0 Å².